The average molecular weight is 393 g/mol. The predicted octanol–water partition coefficient (Wildman–Crippen LogP) is 3.43. The van der Waals surface area contributed by atoms with Crippen LogP contribution in [-0.4, -0.2) is 31.1 Å². The molecule has 3 rings (SSSR count). The van der Waals surface area contributed by atoms with Crippen molar-refractivity contribution >= 4 is 39.9 Å². The Morgan fingerprint density at radius 2 is 2.12 bits per heavy atom. The first kappa shape index (κ1) is 18.7. The fourth-order valence-electron chi connectivity index (χ4n) is 2.95. The molecule has 1 aliphatic rings. The molecule has 5 N–H and O–H groups in total. The van der Waals surface area contributed by atoms with E-state index >= 15 is 0 Å². The van der Waals surface area contributed by atoms with Gasteiger partial charge in [-0.25, -0.2) is 4.79 Å². The van der Waals surface area contributed by atoms with E-state index in [4.69, 9.17) is 17.3 Å². The summed E-state index contributed by atoms with van der Waals surface area (Å²) in [7, 11) is 0. The number of primary amides is 1. The molecule has 0 bridgehead atoms. The van der Waals surface area contributed by atoms with Crippen molar-refractivity contribution in [1.29, 1.82) is 0 Å². The zero-order valence-corrected chi connectivity index (χ0v) is 15.8. The first-order valence-electron chi connectivity index (χ1n) is 8.51. The van der Waals surface area contributed by atoms with Crippen LogP contribution in [0.2, 0.25) is 5.02 Å². The molecule has 1 atom stereocenters. The van der Waals surface area contributed by atoms with Gasteiger partial charge in [0.25, 0.3) is 5.91 Å². The number of rotatable bonds is 4. The van der Waals surface area contributed by atoms with Crippen molar-refractivity contribution in [2.24, 2.45) is 5.73 Å². The maximum absolute atomic E-state index is 12.8. The number of anilines is 1. The zero-order chi connectivity index (χ0) is 18.5. The maximum atomic E-state index is 12.8. The Morgan fingerprint density at radius 3 is 2.88 bits per heavy atom. The molecule has 0 unspecified atom stereocenters. The molecule has 1 fully saturated rings. The quantitative estimate of drug-likeness (QED) is 0.641. The molecule has 6 nitrogen and oxygen atoms in total. The maximum Gasteiger partial charge on any atom is 0.317 e. The van der Waals surface area contributed by atoms with Gasteiger partial charge in [-0.2, -0.15) is 0 Å². The zero-order valence-electron chi connectivity index (χ0n) is 14.2. The van der Waals surface area contributed by atoms with Crippen LogP contribution in [0.15, 0.2) is 30.3 Å². The molecule has 1 aromatic heterocycles. The lowest BCUT2D eigenvalue weighted by Gasteiger charge is -2.16. The minimum Gasteiger partial charge on any atom is -0.351 e. The lowest BCUT2D eigenvalue weighted by Crippen LogP contribution is -2.41. The van der Waals surface area contributed by atoms with E-state index in [0.717, 1.165) is 42.8 Å². The van der Waals surface area contributed by atoms with E-state index in [2.05, 4.69) is 16.0 Å². The van der Waals surface area contributed by atoms with E-state index < -0.39 is 6.03 Å². The van der Waals surface area contributed by atoms with Gasteiger partial charge in [-0.1, -0.05) is 30.2 Å². The SMILES string of the molecule is NC(=O)Nc1sc(-c2cccc(Cl)c2)cc1C(=O)N[C@H]1CCCCNC1. The van der Waals surface area contributed by atoms with Crippen LogP contribution in [0.1, 0.15) is 29.6 Å². The van der Waals surface area contributed by atoms with Gasteiger partial charge in [-0.15, -0.1) is 11.3 Å². The number of hydrogen-bond donors (Lipinski definition) is 4. The summed E-state index contributed by atoms with van der Waals surface area (Å²) in [6, 6.07) is 8.49. The van der Waals surface area contributed by atoms with Gasteiger partial charge < -0.3 is 16.4 Å². The van der Waals surface area contributed by atoms with E-state index in [1.807, 2.05) is 18.2 Å². The summed E-state index contributed by atoms with van der Waals surface area (Å²) < 4.78 is 0. The molecule has 3 amide bonds. The van der Waals surface area contributed by atoms with Crippen molar-refractivity contribution in [3.8, 4) is 10.4 Å². The number of benzene rings is 1. The Hall–Kier alpha value is -2.09. The Morgan fingerprint density at radius 1 is 1.27 bits per heavy atom. The van der Waals surface area contributed by atoms with Crippen LogP contribution in [0.25, 0.3) is 10.4 Å². The number of nitrogens with two attached hydrogens (primary N) is 1. The van der Waals surface area contributed by atoms with Crippen molar-refractivity contribution in [1.82, 2.24) is 10.6 Å². The monoisotopic (exact) mass is 392 g/mol. The van der Waals surface area contributed by atoms with Gasteiger partial charge >= 0.3 is 6.03 Å². The molecule has 0 saturated carbocycles. The minimum absolute atomic E-state index is 0.0703. The number of thiophene rings is 1. The first-order valence-corrected chi connectivity index (χ1v) is 9.70. The van der Waals surface area contributed by atoms with Crippen LogP contribution in [0.4, 0.5) is 9.80 Å². The van der Waals surface area contributed by atoms with Crippen molar-refractivity contribution in [3.05, 3.63) is 40.9 Å². The molecule has 1 aliphatic heterocycles. The molecular weight excluding hydrogens is 372 g/mol. The summed E-state index contributed by atoms with van der Waals surface area (Å²) in [6.45, 7) is 1.72. The third-order valence-corrected chi connectivity index (χ3v) is 5.54. The summed E-state index contributed by atoms with van der Waals surface area (Å²) >= 11 is 7.36. The second-order valence-corrected chi connectivity index (χ2v) is 7.71. The van der Waals surface area contributed by atoms with Crippen LogP contribution in [0, 0.1) is 0 Å². The average Bonchev–Trinajstić information content (AvgIpc) is 2.83. The fourth-order valence-corrected chi connectivity index (χ4v) is 4.20. The number of hydrogen-bond acceptors (Lipinski definition) is 4. The molecule has 2 heterocycles. The van der Waals surface area contributed by atoms with E-state index in [1.165, 1.54) is 11.3 Å². The predicted molar refractivity (Wildman–Crippen MR) is 106 cm³/mol. The van der Waals surface area contributed by atoms with Crippen LogP contribution in [0.3, 0.4) is 0 Å². The Balaban J connectivity index is 1.86. The van der Waals surface area contributed by atoms with Crippen LogP contribution in [0.5, 0.6) is 0 Å². The molecule has 0 aliphatic carbocycles. The van der Waals surface area contributed by atoms with Gasteiger partial charge in [0.2, 0.25) is 0 Å². The van der Waals surface area contributed by atoms with Crippen molar-refractivity contribution in [2.45, 2.75) is 25.3 Å². The van der Waals surface area contributed by atoms with E-state index in [9.17, 15) is 9.59 Å². The van der Waals surface area contributed by atoms with Crippen molar-refractivity contribution < 1.29 is 9.59 Å². The lowest BCUT2D eigenvalue weighted by atomic mass is 10.1. The molecule has 8 heteroatoms. The molecule has 138 valence electrons. The van der Waals surface area contributed by atoms with Crippen molar-refractivity contribution in [3.63, 3.8) is 0 Å². The summed E-state index contributed by atoms with van der Waals surface area (Å²) in [5, 5.41) is 9.97. The lowest BCUT2D eigenvalue weighted by molar-refractivity contribution is 0.0937. The number of halogens is 1. The van der Waals surface area contributed by atoms with Gasteiger partial charge in [-0.3, -0.25) is 10.1 Å². The number of amides is 3. The summed E-state index contributed by atoms with van der Waals surface area (Å²) in [4.78, 5) is 25.0. The molecule has 0 radical (unpaired) electrons. The number of carbonyl (C=O) groups is 2. The summed E-state index contributed by atoms with van der Waals surface area (Å²) in [5.41, 5.74) is 6.55. The molecule has 1 saturated heterocycles. The third-order valence-electron chi connectivity index (χ3n) is 4.20. The molecule has 0 spiro atoms. The highest BCUT2D eigenvalue weighted by Gasteiger charge is 2.21. The highest BCUT2D eigenvalue weighted by molar-refractivity contribution is 7.20. The third kappa shape index (κ3) is 4.75. The number of nitrogens with one attached hydrogen (secondary N) is 3. The van der Waals surface area contributed by atoms with E-state index in [-0.39, 0.29) is 11.9 Å². The largest absolute Gasteiger partial charge is 0.351 e. The molecular formula is C18H21ClN4O2S. The standard InChI is InChI=1S/C18H21ClN4O2S/c19-12-5-3-4-11(8-12)15-9-14(17(26-15)23-18(20)25)16(24)22-13-6-1-2-7-21-10-13/h3-5,8-9,13,21H,1-2,6-7,10H2,(H,22,24)(H3,20,23,25)/t13-/m0/s1. The minimum atomic E-state index is -0.699. The number of carbonyl (C=O) groups excluding carboxylic acids is 2. The van der Waals surface area contributed by atoms with Crippen LogP contribution >= 0.6 is 22.9 Å². The second kappa shape index (κ2) is 8.53. The van der Waals surface area contributed by atoms with Crippen LogP contribution < -0.4 is 21.7 Å². The molecule has 26 heavy (non-hydrogen) atoms. The van der Waals surface area contributed by atoms with Gasteiger partial charge in [0, 0.05) is 22.5 Å². The topological polar surface area (TPSA) is 96.2 Å². The molecule has 2 aromatic rings. The molecule has 1 aromatic carbocycles. The Bertz CT molecular complexity index is 800. The normalized spacial score (nSPS) is 17.3. The highest BCUT2D eigenvalue weighted by atomic mass is 35.5. The van der Waals surface area contributed by atoms with Gasteiger partial charge in [0.05, 0.1) is 5.56 Å². The Kier molecular flexibility index (Phi) is 6.13. The van der Waals surface area contributed by atoms with Gasteiger partial charge in [0.1, 0.15) is 5.00 Å². The van der Waals surface area contributed by atoms with Gasteiger partial charge in [-0.05, 0) is 43.1 Å². The van der Waals surface area contributed by atoms with E-state index in [1.54, 1.807) is 12.1 Å². The van der Waals surface area contributed by atoms with Gasteiger partial charge in [0.15, 0.2) is 0 Å². The summed E-state index contributed by atoms with van der Waals surface area (Å²) in [6.07, 6.45) is 3.11. The smallest absolute Gasteiger partial charge is 0.317 e. The van der Waals surface area contributed by atoms with Crippen LogP contribution in [-0.2, 0) is 0 Å². The second-order valence-electron chi connectivity index (χ2n) is 6.22. The fraction of sp³-hybridized carbons (Fsp3) is 0.333. The highest BCUT2D eigenvalue weighted by Crippen LogP contribution is 2.36. The summed E-state index contributed by atoms with van der Waals surface area (Å²) in [5.74, 6) is -0.216. The van der Waals surface area contributed by atoms with E-state index in [0.29, 0.717) is 15.6 Å². The number of urea groups is 1. The Labute approximate surface area is 161 Å². The first-order chi connectivity index (χ1) is 12.5. The van der Waals surface area contributed by atoms with Crippen molar-refractivity contribution in [2.75, 3.05) is 18.4 Å².